The summed E-state index contributed by atoms with van der Waals surface area (Å²) in [4.78, 5) is 12.4. The van der Waals surface area contributed by atoms with Crippen LogP contribution in [0.4, 0.5) is 4.39 Å². The van der Waals surface area contributed by atoms with Crippen molar-refractivity contribution in [3.63, 3.8) is 0 Å². The first-order valence-electron chi connectivity index (χ1n) is 7.85. The van der Waals surface area contributed by atoms with Gasteiger partial charge in [-0.25, -0.2) is 4.39 Å². The first kappa shape index (κ1) is 21.2. The third-order valence-corrected chi connectivity index (χ3v) is 4.95. The van der Waals surface area contributed by atoms with Gasteiger partial charge in [0, 0.05) is 30.4 Å². The molecule has 1 amide bonds. The van der Waals surface area contributed by atoms with Gasteiger partial charge in [0.15, 0.2) is 0 Å². The third-order valence-electron chi connectivity index (χ3n) is 4.35. The standard InChI is InChI=1S/C17H25FN2O2S.ClH/c1-22-12-17(5-7-19-8-6-17)11-20-16(21)13-3-4-15(18)14(9-13)10-23-2;/h3-4,9,19H,5-8,10-12H2,1-2H3,(H,20,21);1H. The van der Waals surface area contributed by atoms with Crippen molar-refractivity contribution in [1.82, 2.24) is 10.6 Å². The normalized spacial score (nSPS) is 16.3. The molecule has 1 aliphatic rings. The van der Waals surface area contributed by atoms with E-state index in [-0.39, 0.29) is 29.5 Å². The highest BCUT2D eigenvalue weighted by Crippen LogP contribution is 2.28. The monoisotopic (exact) mass is 376 g/mol. The number of piperidine rings is 1. The molecule has 1 aromatic rings. The molecule has 0 spiro atoms. The lowest BCUT2D eigenvalue weighted by Gasteiger charge is -2.37. The van der Waals surface area contributed by atoms with Crippen molar-refractivity contribution >= 4 is 30.1 Å². The predicted molar refractivity (Wildman–Crippen MR) is 99.6 cm³/mol. The molecule has 0 aliphatic carbocycles. The van der Waals surface area contributed by atoms with E-state index in [1.54, 1.807) is 19.2 Å². The number of hydrogen-bond donors (Lipinski definition) is 2. The van der Waals surface area contributed by atoms with E-state index in [1.807, 2.05) is 6.26 Å². The summed E-state index contributed by atoms with van der Waals surface area (Å²) in [5.41, 5.74) is 1.06. The van der Waals surface area contributed by atoms with Crippen molar-refractivity contribution in [3.8, 4) is 0 Å². The molecule has 0 bridgehead atoms. The number of nitrogens with one attached hydrogen (secondary N) is 2. The molecule has 0 saturated carbocycles. The molecule has 136 valence electrons. The summed E-state index contributed by atoms with van der Waals surface area (Å²) in [6.07, 6.45) is 3.86. The summed E-state index contributed by atoms with van der Waals surface area (Å²) in [6.45, 7) is 3.09. The number of benzene rings is 1. The summed E-state index contributed by atoms with van der Waals surface area (Å²) in [5, 5.41) is 6.34. The molecule has 0 radical (unpaired) electrons. The SMILES string of the molecule is COCC1(CNC(=O)c2ccc(F)c(CSC)c2)CCNCC1.Cl. The Morgan fingerprint density at radius 2 is 2.12 bits per heavy atom. The van der Waals surface area contributed by atoms with Crippen molar-refractivity contribution in [3.05, 3.63) is 35.1 Å². The number of thioether (sulfide) groups is 1. The lowest BCUT2D eigenvalue weighted by Crippen LogP contribution is -2.47. The molecule has 1 fully saturated rings. The summed E-state index contributed by atoms with van der Waals surface area (Å²) in [7, 11) is 1.69. The maximum atomic E-state index is 13.7. The number of halogens is 2. The topological polar surface area (TPSA) is 50.4 Å². The lowest BCUT2D eigenvalue weighted by molar-refractivity contribution is 0.0511. The zero-order chi connectivity index (χ0) is 16.7. The average Bonchev–Trinajstić information content (AvgIpc) is 2.56. The zero-order valence-corrected chi connectivity index (χ0v) is 15.8. The van der Waals surface area contributed by atoms with E-state index in [2.05, 4.69) is 10.6 Å². The van der Waals surface area contributed by atoms with Gasteiger partial charge < -0.3 is 15.4 Å². The Morgan fingerprint density at radius 1 is 1.42 bits per heavy atom. The van der Waals surface area contributed by atoms with Gasteiger partial charge >= 0.3 is 0 Å². The highest BCUT2D eigenvalue weighted by molar-refractivity contribution is 7.97. The van der Waals surface area contributed by atoms with Gasteiger partial charge in [0.2, 0.25) is 0 Å². The Balaban J connectivity index is 0.00000288. The maximum absolute atomic E-state index is 13.7. The number of carbonyl (C=O) groups is 1. The zero-order valence-electron chi connectivity index (χ0n) is 14.2. The summed E-state index contributed by atoms with van der Waals surface area (Å²) >= 11 is 1.54. The second-order valence-electron chi connectivity index (χ2n) is 6.10. The fourth-order valence-electron chi connectivity index (χ4n) is 2.99. The Kier molecular flexibility index (Phi) is 9.05. The first-order valence-corrected chi connectivity index (χ1v) is 9.25. The Morgan fingerprint density at radius 3 is 2.75 bits per heavy atom. The molecule has 24 heavy (non-hydrogen) atoms. The highest BCUT2D eigenvalue weighted by atomic mass is 35.5. The molecule has 0 unspecified atom stereocenters. The third kappa shape index (κ3) is 5.62. The molecule has 0 aromatic heterocycles. The van der Waals surface area contributed by atoms with Crippen LogP contribution in [0.2, 0.25) is 0 Å². The van der Waals surface area contributed by atoms with Crippen molar-refractivity contribution in [2.75, 3.05) is 39.6 Å². The average molecular weight is 377 g/mol. The number of rotatable bonds is 7. The number of ether oxygens (including phenoxy) is 1. The van der Waals surface area contributed by atoms with E-state index in [9.17, 15) is 9.18 Å². The number of amides is 1. The van der Waals surface area contributed by atoms with E-state index in [0.29, 0.717) is 30.0 Å². The minimum absolute atomic E-state index is 0. The highest BCUT2D eigenvalue weighted by Gasteiger charge is 2.32. The largest absolute Gasteiger partial charge is 0.384 e. The maximum Gasteiger partial charge on any atom is 0.251 e. The molecule has 1 aromatic carbocycles. The van der Waals surface area contributed by atoms with E-state index >= 15 is 0 Å². The van der Waals surface area contributed by atoms with Crippen molar-refractivity contribution < 1.29 is 13.9 Å². The van der Waals surface area contributed by atoms with Crippen LogP contribution in [0.15, 0.2) is 18.2 Å². The Bertz CT molecular complexity index is 534. The molecular weight excluding hydrogens is 351 g/mol. The Labute approximate surface area is 153 Å². The molecular formula is C17H26ClFN2O2S. The van der Waals surface area contributed by atoms with Gasteiger partial charge in [-0.05, 0) is 55.9 Å². The van der Waals surface area contributed by atoms with Crippen LogP contribution in [0, 0.1) is 11.2 Å². The quantitative estimate of drug-likeness (QED) is 0.768. The molecule has 2 N–H and O–H groups in total. The van der Waals surface area contributed by atoms with Crippen LogP contribution < -0.4 is 10.6 Å². The fraction of sp³-hybridized carbons (Fsp3) is 0.588. The number of carbonyl (C=O) groups excluding carboxylic acids is 1. The number of hydrogen-bond acceptors (Lipinski definition) is 4. The summed E-state index contributed by atoms with van der Waals surface area (Å²) < 4.78 is 19.0. The fourth-order valence-corrected chi connectivity index (χ4v) is 3.52. The molecule has 1 aliphatic heterocycles. The van der Waals surface area contributed by atoms with Crippen molar-refractivity contribution in [1.29, 1.82) is 0 Å². The Hall–Kier alpha value is -0.820. The van der Waals surface area contributed by atoms with Crippen LogP contribution in [0.3, 0.4) is 0 Å². The van der Waals surface area contributed by atoms with E-state index in [4.69, 9.17) is 4.74 Å². The molecule has 7 heteroatoms. The first-order chi connectivity index (χ1) is 11.1. The second kappa shape index (κ2) is 10.2. The van der Waals surface area contributed by atoms with Crippen LogP contribution >= 0.6 is 24.2 Å². The molecule has 2 rings (SSSR count). The smallest absolute Gasteiger partial charge is 0.251 e. The minimum Gasteiger partial charge on any atom is -0.384 e. The molecule has 4 nitrogen and oxygen atoms in total. The predicted octanol–water partition coefficient (Wildman–Crippen LogP) is 2.86. The number of methoxy groups -OCH3 is 1. The van der Waals surface area contributed by atoms with E-state index in [0.717, 1.165) is 25.9 Å². The summed E-state index contributed by atoms with van der Waals surface area (Å²) in [5.74, 6) is 0.151. The molecule has 0 atom stereocenters. The lowest BCUT2D eigenvalue weighted by atomic mass is 9.79. The van der Waals surface area contributed by atoms with Gasteiger partial charge in [0.25, 0.3) is 5.91 Å². The van der Waals surface area contributed by atoms with Gasteiger partial charge in [-0.1, -0.05) is 0 Å². The van der Waals surface area contributed by atoms with Crippen molar-refractivity contribution in [2.45, 2.75) is 18.6 Å². The van der Waals surface area contributed by atoms with Crippen LogP contribution in [0.5, 0.6) is 0 Å². The van der Waals surface area contributed by atoms with Crippen LogP contribution in [0.25, 0.3) is 0 Å². The van der Waals surface area contributed by atoms with Crippen LogP contribution in [0.1, 0.15) is 28.8 Å². The van der Waals surface area contributed by atoms with Gasteiger partial charge in [0.05, 0.1) is 6.61 Å². The van der Waals surface area contributed by atoms with Crippen LogP contribution in [-0.4, -0.2) is 45.5 Å². The van der Waals surface area contributed by atoms with Gasteiger partial charge in [-0.2, -0.15) is 11.8 Å². The second-order valence-corrected chi connectivity index (χ2v) is 6.97. The van der Waals surface area contributed by atoms with Crippen LogP contribution in [-0.2, 0) is 10.5 Å². The van der Waals surface area contributed by atoms with Crippen molar-refractivity contribution in [2.24, 2.45) is 5.41 Å². The van der Waals surface area contributed by atoms with E-state index < -0.39 is 0 Å². The summed E-state index contributed by atoms with van der Waals surface area (Å²) in [6, 6.07) is 4.56. The van der Waals surface area contributed by atoms with Gasteiger partial charge in [-0.15, -0.1) is 12.4 Å². The molecule has 1 saturated heterocycles. The molecule has 1 heterocycles. The van der Waals surface area contributed by atoms with Gasteiger partial charge in [0.1, 0.15) is 5.82 Å². The van der Waals surface area contributed by atoms with E-state index in [1.165, 1.54) is 17.8 Å². The van der Waals surface area contributed by atoms with Gasteiger partial charge in [-0.3, -0.25) is 4.79 Å². The minimum atomic E-state index is -0.259.